The number of piperazine rings is 1. The number of halogens is 2. The molecule has 1 aliphatic rings. The lowest BCUT2D eigenvalue weighted by Crippen LogP contribution is -2.45. The Kier molecular flexibility index (Phi) is 4.40. The molecular formula is C16H18F2N2O2. The Morgan fingerprint density at radius 1 is 1.23 bits per heavy atom. The van der Waals surface area contributed by atoms with E-state index in [1.165, 1.54) is 25.5 Å². The van der Waals surface area contributed by atoms with Crippen molar-refractivity contribution in [2.75, 3.05) is 33.3 Å². The third-order valence-electron chi connectivity index (χ3n) is 3.89. The molecule has 1 N–H and O–H groups in total. The Morgan fingerprint density at radius 2 is 1.91 bits per heavy atom. The van der Waals surface area contributed by atoms with Gasteiger partial charge in [-0.05, 0) is 12.1 Å². The second-order valence-electron chi connectivity index (χ2n) is 5.21. The molecule has 1 aromatic carbocycles. The minimum atomic E-state index is -0.628. The number of nitrogens with zero attached hydrogens (tertiary/aromatic N) is 1. The molecule has 0 bridgehead atoms. The summed E-state index contributed by atoms with van der Waals surface area (Å²) in [6.07, 6.45) is 1.52. The van der Waals surface area contributed by atoms with Gasteiger partial charge < -0.3 is 14.5 Å². The van der Waals surface area contributed by atoms with Crippen molar-refractivity contribution in [1.29, 1.82) is 0 Å². The van der Waals surface area contributed by atoms with Crippen LogP contribution >= 0.6 is 0 Å². The van der Waals surface area contributed by atoms with E-state index in [9.17, 15) is 8.78 Å². The summed E-state index contributed by atoms with van der Waals surface area (Å²) in [5.41, 5.74) is -0.00218. The Bertz CT molecular complexity index is 602. The van der Waals surface area contributed by atoms with Crippen molar-refractivity contribution in [3.05, 3.63) is 53.5 Å². The standard InChI is InChI=1S/C16H18F2N2O2/c1-21-11-9-12(17)15(13(18)10-11)16(14-3-2-8-22-14)20-6-4-19-5-7-20/h2-3,8-10,16,19H,4-7H2,1H3/t16-/m0/s1. The molecule has 0 saturated carbocycles. The molecule has 0 spiro atoms. The van der Waals surface area contributed by atoms with Crippen LogP contribution in [0.15, 0.2) is 34.9 Å². The van der Waals surface area contributed by atoms with E-state index in [-0.39, 0.29) is 11.3 Å². The second-order valence-corrected chi connectivity index (χ2v) is 5.21. The number of methoxy groups -OCH3 is 1. The van der Waals surface area contributed by atoms with Gasteiger partial charge in [-0.3, -0.25) is 4.90 Å². The van der Waals surface area contributed by atoms with Crippen molar-refractivity contribution in [2.45, 2.75) is 6.04 Å². The molecule has 1 fully saturated rings. The summed E-state index contributed by atoms with van der Waals surface area (Å²) in [6, 6.07) is 5.30. The SMILES string of the molecule is COc1cc(F)c([C@H](c2ccco2)N2CCNCC2)c(F)c1. The normalized spacial score (nSPS) is 17.4. The van der Waals surface area contributed by atoms with E-state index in [0.29, 0.717) is 18.8 Å². The van der Waals surface area contributed by atoms with Crippen molar-refractivity contribution >= 4 is 0 Å². The molecule has 1 aromatic heterocycles. The summed E-state index contributed by atoms with van der Waals surface area (Å²) < 4.78 is 39.3. The van der Waals surface area contributed by atoms with Crippen molar-refractivity contribution in [1.82, 2.24) is 10.2 Å². The largest absolute Gasteiger partial charge is 0.497 e. The Balaban J connectivity index is 2.06. The molecule has 6 heteroatoms. The van der Waals surface area contributed by atoms with Crippen LogP contribution in [0.5, 0.6) is 5.75 Å². The van der Waals surface area contributed by atoms with Crippen LogP contribution in [0.3, 0.4) is 0 Å². The van der Waals surface area contributed by atoms with Crippen LogP contribution < -0.4 is 10.1 Å². The van der Waals surface area contributed by atoms with E-state index in [2.05, 4.69) is 5.32 Å². The van der Waals surface area contributed by atoms with Gasteiger partial charge in [-0.1, -0.05) is 0 Å². The number of rotatable bonds is 4. The summed E-state index contributed by atoms with van der Waals surface area (Å²) in [7, 11) is 1.38. The van der Waals surface area contributed by atoms with E-state index < -0.39 is 17.7 Å². The van der Waals surface area contributed by atoms with Gasteiger partial charge in [0.1, 0.15) is 23.1 Å². The molecule has 3 rings (SSSR count). The number of furan rings is 1. The van der Waals surface area contributed by atoms with Crippen LogP contribution in [0, 0.1) is 11.6 Å². The zero-order valence-electron chi connectivity index (χ0n) is 12.3. The summed E-state index contributed by atoms with van der Waals surface area (Å²) >= 11 is 0. The van der Waals surface area contributed by atoms with Gasteiger partial charge >= 0.3 is 0 Å². The van der Waals surface area contributed by atoms with Crippen molar-refractivity contribution in [3.8, 4) is 5.75 Å². The highest BCUT2D eigenvalue weighted by Crippen LogP contribution is 2.34. The van der Waals surface area contributed by atoms with Gasteiger partial charge in [0.2, 0.25) is 0 Å². The van der Waals surface area contributed by atoms with E-state index in [4.69, 9.17) is 9.15 Å². The van der Waals surface area contributed by atoms with Gasteiger partial charge in [-0.25, -0.2) is 8.78 Å². The van der Waals surface area contributed by atoms with Gasteiger partial charge in [-0.2, -0.15) is 0 Å². The molecule has 1 saturated heterocycles. The molecular weight excluding hydrogens is 290 g/mol. The first kappa shape index (κ1) is 15.0. The van der Waals surface area contributed by atoms with E-state index in [1.807, 2.05) is 4.90 Å². The molecule has 0 unspecified atom stereocenters. The fraction of sp³-hybridized carbons (Fsp3) is 0.375. The zero-order chi connectivity index (χ0) is 15.5. The van der Waals surface area contributed by atoms with Crippen LogP contribution in [-0.4, -0.2) is 38.2 Å². The monoisotopic (exact) mass is 308 g/mol. The summed E-state index contributed by atoms with van der Waals surface area (Å²) in [4.78, 5) is 2.02. The highest BCUT2D eigenvalue weighted by atomic mass is 19.1. The van der Waals surface area contributed by atoms with Gasteiger partial charge in [-0.15, -0.1) is 0 Å². The lowest BCUT2D eigenvalue weighted by molar-refractivity contribution is 0.173. The average molecular weight is 308 g/mol. The van der Waals surface area contributed by atoms with Crippen LogP contribution in [0.25, 0.3) is 0 Å². The lowest BCUT2D eigenvalue weighted by atomic mass is 10.00. The minimum Gasteiger partial charge on any atom is -0.497 e. The molecule has 2 heterocycles. The molecule has 0 radical (unpaired) electrons. The third kappa shape index (κ3) is 2.84. The van der Waals surface area contributed by atoms with Crippen LogP contribution in [0.2, 0.25) is 0 Å². The number of hydrogen-bond donors (Lipinski definition) is 1. The van der Waals surface area contributed by atoms with Gasteiger partial charge in [0.25, 0.3) is 0 Å². The molecule has 2 aromatic rings. The first-order valence-corrected chi connectivity index (χ1v) is 7.22. The maximum Gasteiger partial charge on any atom is 0.135 e. The maximum atomic E-state index is 14.5. The zero-order valence-corrected chi connectivity index (χ0v) is 12.3. The predicted molar refractivity (Wildman–Crippen MR) is 77.9 cm³/mol. The van der Waals surface area contributed by atoms with Gasteiger partial charge in [0.05, 0.1) is 19.4 Å². The summed E-state index contributed by atoms with van der Waals surface area (Å²) in [6.45, 7) is 2.93. The van der Waals surface area contributed by atoms with Crippen LogP contribution in [-0.2, 0) is 0 Å². The van der Waals surface area contributed by atoms with Crippen LogP contribution in [0.1, 0.15) is 17.4 Å². The Morgan fingerprint density at radius 3 is 2.45 bits per heavy atom. The van der Waals surface area contributed by atoms with E-state index in [1.54, 1.807) is 12.1 Å². The number of hydrogen-bond acceptors (Lipinski definition) is 4. The Labute approximate surface area is 127 Å². The summed E-state index contributed by atoms with van der Waals surface area (Å²) in [5, 5.41) is 3.23. The summed E-state index contributed by atoms with van der Waals surface area (Å²) in [5.74, 6) is -0.560. The first-order chi connectivity index (χ1) is 10.7. The van der Waals surface area contributed by atoms with Crippen LogP contribution in [0.4, 0.5) is 8.78 Å². The van der Waals surface area contributed by atoms with Gasteiger partial charge in [0, 0.05) is 43.9 Å². The highest BCUT2D eigenvalue weighted by Gasteiger charge is 2.31. The quantitative estimate of drug-likeness (QED) is 0.942. The second kappa shape index (κ2) is 6.46. The molecule has 1 aliphatic heterocycles. The fourth-order valence-corrected chi connectivity index (χ4v) is 2.83. The number of benzene rings is 1. The molecule has 22 heavy (non-hydrogen) atoms. The van der Waals surface area contributed by atoms with Crippen molar-refractivity contribution in [3.63, 3.8) is 0 Å². The topological polar surface area (TPSA) is 37.6 Å². The molecule has 118 valence electrons. The molecule has 0 aliphatic carbocycles. The predicted octanol–water partition coefficient (Wildman–Crippen LogP) is 2.56. The van der Waals surface area contributed by atoms with Crippen molar-refractivity contribution < 1.29 is 17.9 Å². The van der Waals surface area contributed by atoms with E-state index >= 15 is 0 Å². The lowest BCUT2D eigenvalue weighted by Gasteiger charge is -2.34. The minimum absolute atomic E-state index is 0.00218. The molecule has 0 amide bonds. The van der Waals surface area contributed by atoms with Gasteiger partial charge in [0.15, 0.2) is 0 Å². The number of nitrogens with one attached hydrogen (secondary N) is 1. The molecule has 4 nitrogen and oxygen atoms in total. The third-order valence-corrected chi connectivity index (χ3v) is 3.89. The molecule has 1 atom stereocenters. The highest BCUT2D eigenvalue weighted by molar-refractivity contribution is 5.36. The Hall–Kier alpha value is -1.92. The maximum absolute atomic E-state index is 14.5. The fourth-order valence-electron chi connectivity index (χ4n) is 2.83. The van der Waals surface area contributed by atoms with Crippen molar-refractivity contribution in [2.24, 2.45) is 0 Å². The smallest absolute Gasteiger partial charge is 0.135 e. The van der Waals surface area contributed by atoms with E-state index in [0.717, 1.165) is 13.1 Å². The average Bonchev–Trinajstić information content (AvgIpc) is 3.05. The number of ether oxygens (including phenoxy) is 1. The first-order valence-electron chi connectivity index (χ1n) is 7.22.